The predicted molar refractivity (Wildman–Crippen MR) is 141 cm³/mol. The van der Waals surface area contributed by atoms with E-state index in [4.69, 9.17) is 0 Å². The van der Waals surface area contributed by atoms with Crippen LogP contribution in [0.25, 0.3) is 11.1 Å². The molecule has 38 heavy (non-hydrogen) atoms. The molecule has 1 amide bonds. The number of nitrogens with zero attached hydrogens (tertiary/aromatic N) is 1. The van der Waals surface area contributed by atoms with Gasteiger partial charge in [-0.3, -0.25) is 4.79 Å². The lowest BCUT2D eigenvalue weighted by molar-refractivity contribution is -0.136. The summed E-state index contributed by atoms with van der Waals surface area (Å²) in [6.45, 7) is 0.227. The molecule has 1 saturated carbocycles. The van der Waals surface area contributed by atoms with Crippen LogP contribution in [0.2, 0.25) is 0 Å². The number of carbonyl (C=O) groups excluding carboxylic acids is 1. The van der Waals surface area contributed by atoms with Crippen molar-refractivity contribution in [1.29, 1.82) is 0 Å². The SMILES string of the molecule is O=C(C1CCC(CO)CC1)N1CC[C@](c2ccc(-c3ccccc3)c(F)c2)(S(=O)(=O)c2ccc(F)cc2)C1. The number of aliphatic hydroxyl groups excluding tert-OH is 1. The molecular formula is C30H31F2NO4S. The van der Waals surface area contributed by atoms with Gasteiger partial charge in [-0.1, -0.05) is 42.5 Å². The normalized spacial score (nSPS) is 23.9. The Labute approximate surface area is 222 Å². The van der Waals surface area contributed by atoms with E-state index in [-0.39, 0.29) is 54.3 Å². The molecule has 0 unspecified atom stereocenters. The van der Waals surface area contributed by atoms with Gasteiger partial charge in [-0.05, 0) is 79.5 Å². The summed E-state index contributed by atoms with van der Waals surface area (Å²) in [6, 6.07) is 18.1. The van der Waals surface area contributed by atoms with E-state index in [9.17, 15) is 22.7 Å². The molecule has 1 aliphatic heterocycles. The van der Waals surface area contributed by atoms with Crippen LogP contribution >= 0.6 is 0 Å². The zero-order valence-corrected chi connectivity index (χ0v) is 21.8. The number of aliphatic hydroxyl groups is 1. The fraction of sp³-hybridized carbons (Fsp3) is 0.367. The number of rotatable bonds is 6. The maximum absolute atomic E-state index is 15.5. The summed E-state index contributed by atoms with van der Waals surface area (Å²) in [6.07, 6.45) is 2.92. The van der Waals surface area contributed by atoms with Gasteiger partial charge in [0.2, 0.25) is 5.91 Å². The monoisotopic (exact) mass is 539 g/mol. The van der Waals surface area contributed by atoms with E-state index in [1.165, 1.54) is 18.2 Å². The maximum atomic E-state index is 15.5. The van der Waals surface area contributed by atoms with Crippen LogP contribution in [0.3, 0.4) is 0 Å². The van der Waals surface area contributed by atoms with Crippen molar-refractivity contribution in [2.45, 2.75) is 41.7 Å². The van der Waals surface area contributed by atoms with Crippen molar-refractivity contribution < 1.29 is 27.1 Å². The standard InChI is InChI=1S/C30H31F2NO4S/c31-25-11-13-26(14-12-25)38(36,37)30(24-10-15-27(28(32)18-24)22-4-2-1-3-5-22)16-17-33(20-30)29(35)23-8-6-21(19-34)7-9-23/h1-5,10-15,18,21,23,34H,6-9,16-17,19-20H2/t21?,23?,30-/m0/s1. The first kappa shape index (κ1) is 26.5. The topological polar surface area (TPSA) is 74.7 Å². The van der Waals surface area contributed by atoms with Gasteiger partial charge in [0.1, 0.15) is 16.4 Å². The van der Waals surface area contributed by atoms with Gasteiger partial charge < -0.3 is 10.0 Å². The number of hydrogen-bond donors (Lipinski definition) is 1. The van der Waals surface area contributed by atoms with Crippen LogP contribution in [0.5, 0.6) is 0 Å². The van der Waals surface area contributed by atoms with E-state index in [1.807, 2.05) is 6.07 Å². The first-order chi connectivity index (χ1) is 18.2. The van der Waals surface area contributed by atoms with E-state index in [1.54, 1.807) is 41.3 Å². The van der Waals surface area contributed by atoms with Crippen LogP contribution in [-0.2, 0) is 19.4 Å². The van der Waals surface area contributed by atoms with Gasteiger partial charge in [-0.15, -0.1) is 0 Å². The molecule has 0 aromatic heterocycles. The van der Waals surface area contributed by atoms with Gasteiger partial charge in [0.25, 0.3) is 0 Å². The Kier molecular flexibility index (Phi) is 7.38. The van der Waals surface area contributed by atoms with Crippen molar-refractivity contribution in [3.63, 3.8) is 0 Å². The molecule has 200 valence electrons. The molecule has 8 heteroatoms. The molecule has 5 rings (SSSR count). The molecule has 5 nitrogen and oxygen atoms in total. The fourth-order valence-electron chi connectivity index (χ4n) is 5.92. The van der Waals surface area contributed by atoms with Crippen molar-refractivity contribution in [3.8, 4) is 11.1 Å². The number of halogens is 2. The van der Waals surface area contributed by atoms with Gasteiger partial charge in [0, 0.05) is 31.2 Å². The highest BCUT2D eigenvalue weighted by Crippen LogP contribution is 2.45. The van der Waals surface area contributed by atoms with Crippen LogP contribution in [0.4, 0.5) is 8.78 Å². The number of amides is 1. The minimum Gasteiger partial charge on any atom is -0.396 e. The molecule has 1 atom stereocenters. The Morgan fingerprint density at radius 2 is 1.63 bits per heavy atom. The summed E-state index contributed by atoms with van der Waals surface area (Å²) < 4.78 is 55.8. The average Bonchev–Trinajstić information content (AvgIpc) is 3.41. The first-order valence-corrected chi connectivity index (χ1v) is 14.5. The summed E-state index contributed by atoms with van der Waals surface area (Å²) in [7, 11) is -4.13. The molecular weight excluding hydrogens is 508 g/mol. The highest BCUT2D eigenvalue weighted by molar-refractivity contribution is 7.92. The third-order valence-corrected chi connectivity index (χ3v) is 10.7. The molecule has 2 fully saturated rings. The summed E-state index contributed by atoms with van der Waals surface area (Å²) in [4.78, 5) is 15.0. The molecule has 3 aromatic carbocycles. The predicted octanol–water partition coefficient (Wildman–Crippen LogP) is 5.33. The van der Waals surface area contributed by atoms with Crippen molar-refractivity contribution in [1.82, 2.24) is 4.90 Å². The van der Waals surface area contributed by atoms with Crippen molar-refractivity contribution in [3.05, 3.63) is 90.0 Å². The molecule has 0 bridgehead atoms. The third-order valence-electron chi connectivity index (χ3n) is 8.22. The maximum Gasteiger partial charge on any atom is 0.225 e. The Bertz CT molecular complexity index is 1400. The van der Waals surface area contributed by atoms with Gasteiger partial charge in [-0.2, -0.15) is 0 Å². The lowest BCUT2D eigenvalue weighted by Crippen LogP contribution is -2.42. The molecule has 1 heterocycles. The van der Waals surface area contributed by atoms with Crippen LogP contribution < -0.4 is 0 Å². The second-order valence-electron chi connectivity index (χ2n) is 10.4. The Morgan fingerprint density at radius 3 is 2.26 bits per heavy atom. The van der Waals surface area contributed by atoms with Crippen LogP contribution in [0.1, 0.15) is 37.7 Å². The van der Waals surface area contributed by atoms with Gasteiger partial charge in [0.05, 0.1) is 4.90 Å². The molecule has 2 aliphatic rings. The molecule has 1 saturated heterocycles. The lowest BCUT2D eigenvalue weighted by Gasteiger charge is -2.32. The van der Waals surface area contributed by atoms with E-state index in [0.29, 0.717) is 24.0 Å². The number of carbonyl (C=O) groups is 1. The average molecular weight is 540 g/mol. The highest BCUT2D eigenvalue weighted by Gasteiger charge is 2.53. The van der Waals surface area contributed by atoms with Gasteiger partial charge in [-0.25, -0.2) is 17.2 Å². The minimum absolute atomic E-state index is 0.0656. The molecule has 3 aromatic rings. The summed E-state index contributed by atoms with van der Waals surface area (Å²) in [5.74, 6) is -1.23. The Balaban J connectivity index is 1.52. The highest BCUT2D eigenvalue weighted by atomic mass is 32.2. The van der Waals surface area contributed by atoms with Crippen molar-refractivity contribution in [2.24, 2.45) is 11.8 Å². The molecule has 0 radical (unpaired) electrons. The third kappa shape index (κ3) is 4.76. The van der Waals surface area contributed by atoms with E-state index in [0.717, 1.165) is 25.0 Å². The minimum atomic E-state index is -4.13. The van der Waals surface area contributed by atoms with Crippen LogP contribution in [0, 0.1) is 23.5 Å². The van der Waals surface area contributed by atoms with E-state index >= 15 is 4.39 Å². The van der Waals surface area contributed by atoms with Gasteiger partial charge in [0.15, 0.2) is 9.84 Å². The molecule has 1 N–H and O–H groups in total. The Morgan fingerprint density at radius 1 is 0.947 bits per heavy atom. The lowest BCUT2D eigenvalue weighted by atomic mass is 9.82. The summed E-state index contributed by atoms with van der Waals surface area (Å²) in [5.41, 5.74) is 1.31. The smallest absolute Gasteiger partial charge is 0.225 e. The quantitative estimate of drug-likeness (QED) is 0.430. The van der Waals surface area contributed by atoms with E-state index in [2.05, 4.69) is 0 Å². The van der Waals surface area contributed by atoms with Gasteiger partial charge >= 0.3 is 0 Å². The largest absolute Gasteiger partial charge is 0.396 e. The summed E-state index contributed by atoms with van der Waals surface area (Å²) >= 11 is 0. The fourth-order valence-corrected chi connectivity index (χ4v) is 7.99. The molecule has 0 spiro atoms. The number of sulfone groups is 1. The number of likely N-dealkylation sites (tertiary alicyclic amines) is 1. The van der Waals surface area contributed by atoms with Crippen LogP contribution in [-0.4, -0.2) is 44.0 Å². The second-order valence-corrected chi connectivity index (χ2v) is 12.7. The number of benzene rings is 3. The van der Waals surface area contributed by atoms with Crippen molar-refractivity contribution >= 4 is 15.7 Å². The number of hydrogen-bond acceptors (Lipinski definition) is 4. The molecule has 1 aliphatic carbocycles. The zero-order chi connectivity index (χ0) is 26.9. The van der Waals surface area contributed by atoms with Crippen molar-refractivity contribution in [2.75, 3.05) is 19.7 Å². The van der Waals surface area contributed by atoms with Crippen LogP contribution in [0.15, 0.2) is 77.7 Å². The summed E-state index contributed by atoms with van der Waals surface area (Å²) in [5, 5.41) is 9.44. The second kappa shape index (κ2) is 10.6. The first-order valence-electron chi connectivity index (χ1n) is 13.0. The Hall–Kier alpha value is -3.10. The zero-order valence-electron chi connectivity index (χ0n) is 21.0. The van der Waals surface area contributed by atoms with E-state index < -0.39 is 26.2 Å².